The first-order valence-electron chi connectivity index (χ1n) is 7.45. The number of halogens is 2. The van der Waals surface area contributed by atoms with E-state index in [4.69, 9.17) is 11.6 Å². The molecule has 1 fully saturated rings. The van der Waals surface area contributed by atoms with Crippen LogP contribution in [-0.4, -0.2) is 16.8 Å². The van der Waals surface area contributed by atoms with E-state index < -0.39 is 17.1 Å². The number of carbonyl (C=O) groups is 2. The first-order chi connectivity index (χ1) is 11.5. The lowest BCUT2D eigenvalue weighted by atomic mass is 10.0. The number of aromatic nitrogens is 1. The molecule has 0 aliphatic heterocycles. The highest BCUT2D eigenvalue weighted by molar-refractivity contribution is 6.31. The van der Waals surface area contributed by atoms with Gasteiger partial charge in [-0.2, -0.15) is 0 Å². The number of benzene rings is 1. The molecule has 24 heavy (non-hydrogen) atoms. The molecule has 1 heterocycles. The van der Waals surface area contributed by atoms with Crippen molar-refractivity contribution >= 4 is 29.1 Å². The molecule has 1 aliphatic carbocycles. The summed E-state index contributed by atoms with van der Waals surface area (Å²) >= 11 is 5.70. The Morgan fingerprint density at radius 2 is 1.88 bits per heavy atom. The SMILES string of the molecule is O=C(NCc1ccncc1)C1(C(=O)Nc2ccc(F)c(Cl)c2)CC1. The van der Waals surface area contributed by atoms with Gasteiger partial charge in [-0.1, -0.05) is 11.6 Å². The lowest BCUT2D eigenvalue weighted by Crippen LogP contribution is -2.39. The lowest BCUT2D eigenvalue weighted by Gasteiger charge is -2.15. The molecule has 7 heteroatoms. The van der Waals surface area contributed by atoms with Crippen LogP contribution in [0.1, 0.15) is 18.4 Å². The van der Waals surface area contributed by atoms with Gasteiger partial charge in [-0.05, 0) is 48.7 Å². The summed E-state index contributed by atoms with van der Waals surface area (Å²) in [4.78, 5) is 28.7. The van der Waals surface area contributed by atoms with Crippen LogP contribution in [-0.2, 0) is 16.1 Å². The van der Waals surface area contributed by atoms with E-state index >= 15 is 0 Å². The maximum Gasteiger partial charge on any atom is 0.240 e. The number of nitrogens with one attached hydrogen (secondary N) is 2. The topological polar surface area (TPSA) is 71.1 Å². The number of rotatable bonds is 5. The highest BCUT2D eigenvalue weighted by Gasteiger charge is 2.56. The van der Waals surface area contributed by atoms with Crippen molar-refractivity contribution in [3.05, 3.63) is 59.1 Å². The van der Waals surface area contributed by atoms with E-state index in [-0.39, 0.29) is 10.9 Å². The summed E-state index contributed by atoms with van der Waals surface area (Å²) < 4.78 is 13.2. The summed E-state index contributed by atoms with van der Waals surface area (Å²) in [5.74, 6) is -1.28. The normalized spacial score (nSPS) is 14.8. The summed E-state index contributed by atoms with van der Waals surface area (Å²) in [5.41, 5.74) is 0.202. The van der Waals surface area contributed by atoms with Gasteiger partial charge in [0.25, 0.3) is 0 Å². The number of nitrogens with zero attached hydrogens (tertiary/aromatic N) is 1. The zero-order chi connectivity index (χ0) is 17.2. The molecule has 1 aliphatic rings. The number of amides is 2. The molecule has 3 rings (SSSR count). The smallest absolute Gasteiger partial charge is 0.240 e. The van der Waals surface area contributed by atoms with E-state index in [2.05, 4.69) is 15.6 Å². The van der Waals surface area contributed by atoms with Crippen LogP contribution < -0.4 is 10.6 Å². The number of pyridine rings is 1. The van der Waals surface area contributed by atoms with Crippen molar-refractivity contribution in [1.29, 1.82) is 0 Å². The van der Waals surface area contributed by atoms with Gasteiger partial charge in [-0.15, -0.1) is 0 Å². The molecule has 0 atom stereocenters. The van der Waals surface area contributed by atoms with Gasteiger partial charge in [0.2, 0.25) is 11.8 Å². The molecular weight excluding hydrogens is 333 g/mol. The van der Waals surface area contributed by atoms with Crippen molar-refractivity contribution in [3.8, 4) is 0 Å². The number of hydrogen-bond acceptors (Lipinski definition) is 3. The Labute approximate surface area is 143 Å². The van der Waals surface area contributed by atoms with Crippen LogP contribution in [0.5, 0.6) is 0 Å². The minimum absolute atomic E-state index is 0.0835. The Morgan fingerprint density at radius 1 is 1.17 bits per heavy atom. The minimum atomic E-state index is -1.06. The van der Waals surface area contributed by atoms with Crippen molar-refractivity contribution in [2.45, 2.75) is 19.4 Å². The summed E-state index contributed by atoms with van der Waals surface area (Å²) in [7, 11) is 0. The molecule has 124 valence electrons. The fourth-order valence-corrected chi connectivity index (χ4v) is 2.54. The van der Waals surface area contributed by atoms with E-state index in [1.165, 1.54) is 18.2 Å². The third kappa shape index (κ3) is 3.38. The zero-order valence-corrected chi connectivity index (χ0v) is 13.4. The third-order valence-electron chi connectivity index (χ3n) is 4.00. The molecule has 2 aromatic rings. The molecule has 1 aromatic heterocycles. The van der Waals surface area contributed by atoms with Crippen LogP contribution in [0.25, 0.3) is 0 Å². The van der Waals surface area contributed by atoms with Gasteiger partial charge >= 0.3 is 0 Å². The van der Waals surface area contributed by atoms with E-state index in [9.17, 15) is 14.0 Å². The molecule has 1 saturated carbocycles. The summed E-state index contributed by atoms with van der Waals surface area (Å²) in [5, 5.41) is 5.32. The monoisotopic (exact) mass is 347 g/mol. The van der Waals surface area contributed by atoms with Gasteiger partial charge in [-0.25, -0.2) is 4.39 Å². The van der Waals surface area contributed by atoms with Crippen molar-refractivity contribution in [1.82, 2.24) is 10.3 Å². The first kappa shape index (κ1) is 16.4. The van der Waals surface area contributed by atoms with E-state index in [1.54, 1.807) is 24.5 Å². The molecule has 2 N–H and O–H groups in total. The quantitative estimate of drug-likeness (QED) is 0.817. The molecule has 0 bridgehead atoms. The molecule has 0 spiro atoms. The van der Waals surface area contributed by atoms with Crippen LogP contribution in [0.15, 0.2) is 42.7 Å². The molecule has 0 unspecified atom stereocenters. The average molecular weight is 348 g/mol. The Bertz CT molecular complexity index is 779. The van der Waals surface area contributed by atoms with E-state index in [0.717, 1.165) is 5.56 Å². The Kier molecular flexibility index (Phi) is 4.49. The molecule has 5 nitrogen and oxygen atoms in total. The summed E-state index contributed by atoms with van der Waals surface area (Å²) in [6.45, 7) is 0.332. The second-order valence-electron chi connectivity index (χ2n) is 5.70. The Balaban J connectivity index is 1.63. The molecule has 2 amide bonds. The Hall–Kier alpha value is -2.47. The van der Waals surface area contributed by atoms with Gasteiger partial charge in [0.05, 0.1) is 5.02 Å². The van der Waals surface area contributed by atoms with Gasteiger partial charge in [0.15, 0.2) is 0 Å². The van der Waals surface area contributed by atoms with Gasteiger partial charge in [-0.3, -0.25) is 14.6 Å². The largest absolute Gasteiger partial charge is 0.351 e. The van der Waals surface area contributed by atoms with E-state index in [1.807, 2.05) is 0 Å². The number of carbonyl (C=O) groups excluding carboxylic acids is 2. The number of hydrogen-bond donors (Lipinski definition) is 2. The lowest BCUT2D eigenvalue weighted by molar-refractivity contribution is -0.134. The van der Waals surface area contributed by atoms with Crippen LogP contribution in [0.3, 0.4) is 0 Å². The van der Waals surface area contributed by atoms with Crippen LogP contribution in [0.2, 0.25) is 5.02 Å². The fraction of sp³-hybridized carbons (Fsp3) is 0.235. The predicted octanol–water partition coefficient (Wildman–Crippen LogP) is 2.91. The van der Waals surface area contributed by atoms with Crippen LogP contribution >= 0.6 is 11.6 Å². The highest BCUT2D eigenvalue weighted by atomic mass is 35.5. The molecule has 0 radical (unpaired) electrons. The molecular formula is C17H15ClFN3O2. The summed E-state index contributed by atoms with van der Waals surface area (Å²) in [6, 6.07) is 7.48. The number of anilines is 1. The second kappa shape index (κ2) is 6.57. The fourth-order valence-electron chi connectivity index (χ4n) is 2.36. The predicted molar refractivity (Wildman–Crippen MR) is 87.8 cm³/mol. The van der Waals surface area contributed by atoms with Gasteiger partial charge in [0.1, 0.15) is 11.2 Å². The maximum atomic E-state index is 13.2. The van der Waals surface area contributed by atoms with Crippen LogP contribution in [0, 0.1) is 11.2 Å². The van der Waals surface area contributed by atoms with Crippen molar-refractivity contribution < 1.29 is 14.0 Å². The first-order valence-corrected chi connectivity index (χ1v) is 7.83. The van der Waals surface area contributed by atoms with Gasteiger partial charge in [0, 0.05) is 24.6 Å². The van der Waals surface area contributed by atoms with Crippen molar-refractivity contribution in [2.24, 2.45) is 5.41 Å². The molecule has 0 saturated heterocycles. The minimum Gasteiger partial charge on any atom is -0.351 e. The zero-order valence-electron chi connectivity index (χ0n) is 12.7. The van der Waals surface area contributed by atoms with E-state index in [0.29, 0.717) is 25.1 Å². The van der Waals surface area contributed by atoms with Crippen LogP contribution in [0.4, 0.5) is 10.1 Å². The van der Waals surface area contributed by atoms with Crippen molar-refractivity contribution in [3.63, 3.8) is 0 Å². The third-order valence-corrected chi connectivity index (χ3v) is 4.29. The standard InChI is InChI=1S/C17H15ClFN3O2/c18-13-9-12(1-2-14(13)19)22-16(24)17(5-6-17)15(23)21-10-11-3-7-20-8-4-11/h1-4,7-9H,5-6,10H2,(H,21,23)(H,22,24). The average Bonchev–Trinajstić information content (AvgIpc) is 3.39. The van der Waals surface area contributed by atoms with Gasteiger partial charge < -0.3 is 10.6 Å². The van der Waals surface area contributed by atoms with Crippen molar-refractivity contribution in [2.75, 3.05) is 5.32 Å². The maximum absolute atomic E-state index is 13.2. The Morgan fingerprint density at radius 3 is 2.50 bits per heavy atom. The highest BCUT2D eigenvalue weighted by Crippen LogP contribution is 2.47. The summed E-state index contributed by atoms with van der Waals surface area (Å²) in [6.07, 6.45) is 4.24. The molecule has 1 aromatic carbocycles. The second-order valence-corrected chi connectivity index (χ2v) is 6.11.